The molecular weight excluding hydrogens is 196 g/mol. The van der Waals surface area contributed by atoms with Gasteiger partial charge < -0.3 is 15.6 Å². The van der Waals surface area contributed by atoms with Crippen LogP contribution in [-0.4, -0.2) is 11.3 Å². The number of hydrogen-bond acceptors (Lipinski definition) is 3. The van der Waals surface area contributed by atoms with Crippen molar-refractivity contribution in [2.24, 2.45) is 5.73 Å². The van der Waals surface area contributed by atoms with Crippen molar-refractivity contribution in [3.05, 3.63) is 41.8 Å². The van der Waals surface area contributed by atoms with Crippen LogP contribution in [0.25, 0.3) is 11.0 Å². The maximum absolute atomic E-state index is 10.5. The summed E-state index contributed by atoms with van der Waals surface area (Å²) in [5.74, 6) is 0.0753. The minimum absolute atomic E-state index is 0.0753. The normalized spacial score (nSPS) is 9.87. The van der Waals surface area contributed by atoms with Crippen molar-refractivity contribution >= 4 is 11.9 Å². The highest BCUT2D eigenvalue weighted by atomic mass is 16.5. The molecule has 0 atom stereocenters. The highest BCUT2D eigenvalue weighted by Gasteiger charge is 2.11. The number of carbonyl (C=O) groups is 1. The van der Waals surface area contributed by atoms with Gasteiger partial charge in [-0.05, 0) is 4.68 Å². The van der Waals surface area contributed by atoms with Gasteiger partial charge in [0, 0.05) is 12.1 Å². The van der Waals surface area contributed by atoms with Crippen LogP contribution < -0.4 is 10.4 Å². The van der Waals surface area contributed by atoms with Gasteiger partial charge in [0.2, 0.25) is 23.0 Å². The summed E-state index contributed by atoms with van der Waals surface area (Å²) < 4.78 is 6.24. The van der Waals surface area contributed by atoms with Crippen molar-refractivity contribution < 1.29 is 14.0 Å². The number of urea groups is 1. The molecule has 0 saturated carbocycles. The monoisotopic (exact) mass is 204 g/mol. The Morgan fingerprint density at radius 3 is 2.80 bits per heavy atom. The van der Waals surface area contributed by atoms with Crippen LogP contribution in [0, 0.1) is 0 Å². The highest BCUT2D eigenvalue weighted by molar-refractivity contribution is 5.91. The highest BCUT2D eigenvalue weighted by Crippen LogP contribution is 2.13. The number of amides is 2. The fourth-order valence-electron chi connectivity index (χ4n) is 1.10. The van der Waals surface area contributed by atoms with Gasteiger partial charge in [0.15, 0.2) is 6.03 Å². The molecular formula is C9H8N4O2. The van der Waals surface area contributed by atoms with Crippen LogP contribution >= 0.6 is 0 Å². The van der Waals surface area contributed by atoms with Gasteiger partial charge in [0.05, 0.1) is 0 Å². The molecule has 1 aromatic heterocycles. The van der Waals surface area contributed by atoms with E-state index in [-0.39, 0.29) is 5.88 Å². The van der Waals surface area contributed by atoms with Crippen molar-refractivity contribution in [1.82, 2.24) is 5.27 Å². The molecule has 6 nitrogen and oxygen atoms in total. The number of rotatable bonds is 2. The molecule has 1 heterocycles. The number of primary amides is 1. The lowest BCUT2D eigenvalue weighted by Crippen LogP contribution is -2.30. The maximum Gasteiger partial charge on any atom is 0.248 e. The zero-order valence-corrected chi connectivity index (χ0v) is 7.70. The molecule has 0 aliphatic carbocycles. The molecule has 0 unspecified atom stereocenters. The van der Waals surface area contributed by atoms with E-state index >= 15 is 0 Å². The Morgan fingerprint density at radius 1 is 1.40 bits per heavy atom. The lowest BCUT2D eigenvalue weighted by atomic mass is 10.3. The van der Waals surface area contributed by atoms with Gasteiger partial charge in [-0.2, -0.15) is 0 Å². The van der Waals surface area contributed by atoms with Gasteiger partial charge in [0.25, 0.3) is 0 Å². The Labute approximate surface area is 85.3 Å². The van der Waals surface area contributed by atoms with Crippen LogP contribution in [0.2, 0.25) is 0 Å². The number of aromatic nitrogens is 2. The van der Waals surface area contributed by atoms with Crippen molar-refractivity contribution in [3.8, 4) is 5.69 Å². The first-order valence-corrected chi connectivity index (χ1v) is 4.21. The topological polar surface area (TPSA) is 87.1 Å². The molecule has 0 spiro atoms. The Balaban J connectivity index is 2.24. The number of benzene rings is 1. The summed E-state index contributed by atoms with van der Waals surface area (Å²) in [6, 6.07) is 8.49. The van der Waals surface area contributed by atoms with Gasteiger partial charge in [-0.15, -0.1) is 0 Å². The fourth-order valence-corrected chi connectivity index (χ4v) is 1.10. The van der Waals surface area contributed by atoms with E-state index in [1.54, 1.807) is 0 Å². The molecule has 0 aliphatic heterocycles. The van der Waals surface area contributed by atoms with E-state index in [0.717, 1.165) is 5.69 Å². The fraction of sp³-hybridized carbons (Fsp3) is 0. The molecule has 2 rings (SSSR count). The summed E-state index contributed by atoms with van der Waals surface area (Å²) in [4.78, 5) is 10.5. The van der Waals surface area contributed by atoms with E-state index in [4.69, 9.17) is 10.3 Å². The Morgan fingerprint density at radius 2 is 2.13 bits per heavy atom. The lowest BCUT2D eigenvalue weighted by Gasteiger charge is -1.96. The van der Waals surface area contributed by atoms with Crippen LogP contribution in [-0.2, 0) is 0 Å². The summed E-state index contributed by atoms with van der Waals surface area (Å²) in [6.07, 6.45) is 1.47. The molecule has 0 saturated heterocycles. The van der Waals surface area contributed by atoms with E-state index in [1.807, 2.05) is 30.3 Å². The number of para-hydroxylation sites is 1. The van der Waals surface area contributed by atoms with Crippen LogP contribution in [0.1, 0.15) is 0 Å². The predicted octanol–water partition coefficient (Wildman–Crippen LogP) is 1.04. The third kappa shape index (κ3) is 2.11. The molecule has 15 heavy (non-hydrogen) atoms. The second kappa shape index (κ2) is 3.79. The first-order valence-electron chi connectivity index (χ1n) is 4.21. The SMILES string of the molecule is NC(=O)[N-]c1c[n+](-c2ccccc2)no1. The van der Waals surface area contributed by atoms with E-state index in [1.165, 1.54) is 10.9 Å². The molecule has 2 N–H and O–H groups in total. The van der Waals surface area contributed by atoms with Crippen LogP contribution in [0.3, 0.4) is 0 Å². The molecule has 0 bridgehead atoms. The quantitative estimate of drug-likeness (QED) is 0.741. The summed E-state index contributed by atoms with van der Waals surface area (Å²) in [5.41, 5.74) is 5.68. The number of hydrogen-bond donors (Lipinski definition) is 1. The zero-order chi connectivity index (χ0) is 10.7. The third-order valence-corrected chi connectivity index (χ3v) is 1.70. The smallest absolute Gasteiger partial charge is 0.248 e. The second-order valence-corrected chi connectivity index (χ2v) is 2.77. The van der Waals surface area contributed by atoms with Crippen molar-refractivity contribution in [3.63, 3.8) is 0 Å². The molecule has 0 fully saturated rings. The molecule has 2 amide bonds. The van der Waals surface area contributed by atoms with Gasteiger partial charge in [-0.25, -0.2) is 0 Å². The summed E-state index contributed by atoms with van der Waals surface area (Å²) in [5, 5.41) is 7.07. The van der Waals surface area contributed by atoms with E-state index in [2.05, 4.69) is 10.6 Å². The van der Waals surface area contributed by atoms with Gasteiger partial charge in [0.1, 0.15) is 0 Å². The number of carbonyl (C=O) groups excluding carboxylic acids is 1. The first kappa shape index (κ1) is 9.20. The van der Waals surface area contributed by atoms with E-state index < -0.39 is 6.03 Å². The number of nitrogens with two attached hydrogens (primary N) is 1. The predicted molar refractivity (Wildman–Crippen MR) is 50.6 cm³/mol. The number of nitrogens with zero attached hydrogens (tertiary/aromatic N) is 3. The first-order chi connectivity index (χ1) is 7.25. The Hall–Kier alpha value is -2.37. The minimum Gasteiger partial charge on any atom is -0.462 e. The molecule has 2 aromatic rings. The molecule has 0 aliphatic rings. The van der Waals surface area contributed by atoms with Crippen molar-refractivity contribution in [2.45, 2.75) is 0 Å². The van der Waals surface area contributed by atoms with Crippen LogP contribution in [0.4, 0.5) is 10.7 Å². The summed E-state index contributed by atoms with van der Waals surface area (Å²) >= 11 is 0. The largest absolute Gasteiger partial charge is 0.462 e. The molecule has 76 valence electrons. The molecule has 0 radical (unpaired) electrons. The maximum atomic E-state index is 10.5. The van der Waals surface area contributed by atoms with Gasteiger partial charge >= 0.3 is 0 Å². The minimum atomic E-state index is -0.814. The molecule has 6 heteroatoms. The zero-order valence-electron chi connectivity index (χ0n) is 7.70. The van der Waals surface area contributed by atoms with Crippen LogP contribution in [0.5, 0.6) is 0 Å². The van der Waals surface area contributed by atoms with E-state index in [9.17, 15) is 4.79 Å². The molecule has 1 aromatic carbocycles. The van der Waals surface area contributed by atoms with Crippen molar-refractivity contribution in [1.29, 1.82) is 0 Å². The Kier molecular flexibility index (Phi) is 2.32. The second-order valence-electron chi connectivity index (χ2n) is 2.77. The average molecular weight is 204 g/mol. The van der Waals surface area contributed by atoms with Gasteiger partial charge in [-0.1, -0.05) is 18.2 Å². The lowest BCUT2D eigenvalue weighted by molar-refractivity contribution is -0.670. The summed E-state index contributed by atoms with van der Waals surface area (Å²) in [6.45, 7) is 0. The van der Waals surface area contributed by atoms with Gasteiger partial charge in [-0.3, -0.25) is 4.79 Å². The Bertz CT molecular complexity index is 466. The third-order valence-electron chi connectivity index (χ3n) is 1.70. The average Bonchev–Trinajstić information content (AvgIpc) is 2.67. The van der Waals surface area contributed by atoms with Crippen molar-refractivity contribution in [2.75, 3.05) is 0 Å². The van der Waals surface area contributed by atoms with E-state index in [0.29, 0.717) is 0 Å². The van der Waals surface area contributed by atoms with Crippen LogP contribution in [0.15, 0.2) is 41.1 Å². The standard InChI is InChI=1S/C9H8N4O2/c10-9(14)11-8-6-13(12-15-8)7-4-2-1-3-5-7/h1-6H,(H2-,10,11,12,14). The summed E-state index contributed by atoms with van der Waals surface area (Å²) in [7, 11) is 0.